The van der Waals surface area contributed by atoms with Crippen LogP contribution in [0.3, 0.4) is 0 Å². The van der Waals surface area contributed by atoms with E-state index in [4.69, 9.17) is 9.78 Å². The maximum absolute atomic E-state index is 10.2. The molecule has 0 spiro atoms. The zero-order chi connectivity index (χ0) is 7.23. The summed E-state index contributed by atoms with van der Waals surface area (Å²) in [6, 6.07) is 0. The first-order chi connectivity index (χ1) is 4.93. The second kappa shape index (κ2) is 4.41. The van der Waals surface area contributed by atoms with Crippen molar-refractivity contribution < 1.29 is 14.6 Å². The third-order valence-electron chi connectivity index (χ3n) is 1.56. The van der Waals surface area contributed by atoms with Crippen LogP contribution in [0.5, 0.6) is 0 Å². The Morgan fingerprint density at radius 3 is 3.00 bits per heavy atom. The van der Waals surface area contributed by atoms with Gasteiger partial charge in [-0.2, -0.15) is 0 Å². The maximum atomic E-state index is 10.2. The molecule has 1 aliphatic heterocycles. The molecule has 1 aliphatic rings. The summed E-state index contributed by atoms with van der Waals surface area (Å²) in [6.07, 6.45) is 4.49. The molecule has 0 N–H and O–H groups in total. The van der Waals surface area contributed by atoms with Crippen LogP contribution in [0.15, 0.2) is 0 Å². The summed E-state index contributed by atoms with van der Waals surface area (Å²) in [4.78, 5) is 19.7. The third kappa shape index (κ3) is 2.45. The van der Waals surface area contributed by atoms with Crippen molar-refractivity contribution in [3.63, 3.8) is 0 Å². The van der Waals surface area contributed by atoms with Crippen molar-refractivity contribution in [3.8, 4) is 0 Å². The highest BCUT2D eigenvalue weighted by atomic mass is 17.2. The Bertz CT molecular complexity index is 95.0. The van der Waals surface area contributed by atoms with Crippen LogP contribution in [-0.2, 0) is 14.6 Å². The average Bonchev–Trinajstić information content (AvgIpc) is 1.87. The number of rotatable bonds is 1. The van der Waals surface area contributed by atoms with Crippen molar-refractivity contribution in [2.45, 2.75) is 31.8 Å². The van der Waals surface area contributed by atoms with Crippen LogP contribution in [0.1, 0.15) is 25.7 Å². The molecule has 1 atom stereocenters. The molecule has 3 heteroatoms. The van der Waals surface area contributed by atoms with Crippen LogP contribution in [0, 0.1) is 0 Å². The summed E-state index contributed by atoms with van der Waals surface area (Å²) in [5.74, 6) is 0. The van der Waals surface area contributed by atoms with Crippen LogP contribution >= 0.6 is 0 Å². The molecule has 0 radical (unpaired) electrons. The molecule has 1 heterocycles. The van der Waals surface area contributed by atoms with Gasteiger partial charge in [0.15, 0.2) is 6.29 Å². The first-order valence-electron chi connectivity index (χ1n) is 3.67. The van der Waals surface area contributed by atoms with Crippen molar-refractivity contribution in [3.05, 3.63) is 0 Å². The van der Waals surface area contributed by atoms with E-state index in [1.807, 2.05) is 0 Å². The summed E-state index contributed by atoms with van der Waals surface area (Å²) in [5, 5.41) is 0. The molecule has 0 saturated carbocycles. The van der Waals surface area contributed by atoms with Gasteiger partial charge in [0.05, 0.1) is 6.61 Å². The Morgan fingerprint density at radius 2 is 2.20 bits per heavy atom. The van der Waals surface area contributed by atoms with Gasteiger partial charge in [0, 0.05) is 0 Å². The second-order valence-electron chi connectivity index (χ2n) is 2.44. The van der Waals surface area contributed by atoms with Gasteiger partial charge in [0.1, 0.15) is 6.10 Å². The summed E-state index contributed by atoms with van der Waals surface area (Å²) in [5.41, 5.74) is 0. The molecular formula is C7H12O3. The fourth-order valence-electron chi connectivity index (χ4n) is 0.958. The van der Waals surface area contributed by atoms with Crippen molar-refractivity contribution in [2.75, 3.05) is 6.61 Å². The molecule has 10 heavy (non-hydrogen) atoms. The monoisotopic (exact) mass is 144 g/mol. The van der Waals surface area contributed by atoms with E-state index in [1.54, 1.807) is 0 Å². The van der Waals surface area contributed by atoms with E-state index < -0.39 is 0 Å². The molecule has 58 valence electrons. The van der Waals surface area contributed by atoms with E-state index in [0.717, 1.165) is 32.0 Å². The first kappa shape index (κ1) is 7.69. The molecule has 0 amide bonds. The van der Waals surface area contributed by atoms with E-state index in [1.165, 1.54) is 0 Å². The van der Waals surface area contributed by atoms with Gasteiger partial charge in [-0.05, 0) is 12.8 Å². The molecule has 1 saturated heterocycles. The van der Waals surface area contributed by atoms with E-state index in [2.05, 4.69) is 0 Å². The molecule has 0 aliphatic carbocycles. The summed E-state index contributed by atoms with van der Waals surface area (Å²) in [6.45, 7) is 0.615. The fourth-order valence-corrected chi connectivity index (χ4v) is 0.958. The molecule has 0 aromatic rings. The van der Waals surface area contributed by atoms with Crippen molar-refractivity contribution in [2.24, 2.45) is 0 Å². The zero-order valence-corrected chi connectivity index (χ0v) is 5.91. The van der Waals surface area contributed by atoms with Crippen molar-refractivity contribution >= 4 is 6.29 Å². The lowest BCUT2D eigenvalue weighted by molar-refractivity contribution is -0.318. The number of carbonyl (C=O) groups is 1. The van der Waals surface area contributed by atoms with Crippen molar-refractivity contribution in [1.82, 2.24) is 0 Å². The maximum Gasteiger partial charge on any atom is 0.152 e. The van der Waals surface area contributed by atoms with Gasteiger partial charge >= 0.3 is 0 Å². The smallest absolute Gasteiger partial charge is 0.152 e. The van der Waals surface area contributed by atoms with Gasteiger partial charge in [-0.1, -0.05) is 12.8 Å². The van der Waals surface area contributed by atoms with Gasteiger partial charge in [0.2, 0.25) is 0 Å². The van der Waals surface area contributed by atoms with Gasteiger partial charge in [0.25, 0.3) is 0 Å². The number of hydrogen-bond donors (Lipinski definition) is 0. The molecule has 0 bridgehead atoms. The second-order valence-corrected chi connectivity index (χ2v) is 2.44. The normalized spacial score (nSPS) is 28.6. The lowest BCUT2D eigenvalue weighted by Crippen LogP contribution is -2.17. The molecule has 1 fully saturated rings. The molecule has 1 unspecified atom stereocenters. The molecule has 0 aromatic heterocycles. The van der Waals surface area contributed by atoms with Crippen LogP contribution in [0.25, 0.3) is 0 Å². The minimum Gasteiger partial charge on any atom is -0.300 e. The number of aldehydes is 1. The zero-order valence-electron chi connectivity index (χ0n) is 5.91. The van der Waals surface area contributed by atoms with Crippen molar-refractivity contribution in [1.29, 1.82) is 0 Å². The molecule has 0 aromatic carbocycles. The molecule has 1 rings (SSSR count). The SMILES string of the molecule is O=CC1CCCCCOO1. The quantitative estimate of drug-likeness (QED) is 0.408. The summed E-state index contributed by atoms with van der Waals surface area (Å²) >= 11 is 0. The minimum absolute atomic E-state index is 0.333. The average molecular weight is 144 g/mol. The van der Waals surface area contributed by atoms with E-state index in [9.17, 15) is 4.79 Å². The van der Waals surface area contributed by atoms with Gasteiger partial charge < -0.3 is 4.79 Å². The summed E-state index contributed by atoms with van der Waals surface area (Å²) < 4.78 is 0. The first-order valence-corrected chi connectivity index (χ1v) is 3.67. The lowest BCUT2D eigenvalue weighted by atomic mass is 10.1. The van der Waals surface area contributed by atoms with Gasteiger partial charge in [-0.15, -0.1) is 0 Å². The minimum atomic E-state index is -0.333. The summed E-state index contributed by atoms with van der Waals surface area (Å²) in [7, 11) is 0. The third-order valence-corrected chi connectivity index (χ3v) is 1.56. The predicted molar refractivity (Wildman–Crippen MR) is 35.4 cm³/mol. The van der Waals surface area contributed by atoms with E-state index in [-0.39, 0.29) is 6.10 Å². The Morgan fingerprint density at radius 1 is 1.30 bits per heavy atom. The fraction of sp³-hybridized carbons (Fsp3) is 0.857. The predicted octanol–water partition coefficient (Wildman–Crippen LogP) is 1.08. The van der Waals surface area contributed by atoms with E-state index in [0.29, 0.717) is 6.61 Å². The topological polar surface area (TPSA) is 35.5 Å². The Kier molecular flexibility index (Phi) is 3.40. The van der Waals surface area contributed by atoms with Crippen LogP contribution in [0.2, 0.25) is 0 Å². The highest BCUT2D eigenvalue weighted by molar-refractivity contribution is 5.55. The highest BCUT2D eigenvalue weighted by Gasteiger charge is 2.10. The van der Waals surface area contributed by atoms with Gasteiger partial charge in [-0.3, -0.25) is 0 Å². The number of hydrogen-bond acceptors (Lipinski definition) is 3. The molecular weight excluding hydrogens is 132 g/mol. The van der Waals surface area contributed by atoms with Gasteiger partial charge in [-0.25, -0.2) is 9.78 Å². The Hall–Kier alpha value is -0.410. The Balaban J connectivity index is 2.22. The van der Waals surface area contributed by atoms with Crippen LogP contribution < -0.4 is 0 Å². The van der Waals surface area contributed by atoms with E-state index >= 15 is 0 Å². The molecule has 3 nitrogen and oxygen atoms in total. The van der Waals surface area contributed by atoms with Crippen LogP contribution in [-0.4, -0.2) is 19.0 Å². The lowest BCUT2D eigenvalue weighted by Gasteiger charge is -2.13. The Labute approximate surface area is 60.2 Å². The largest absolute Gasteiger partial charge is 0.300 e. The highest BCUT2D eigenvalue weighted by Crippen LogP contribution is 2.09. The standard InChI is InChI=1S/C7H12O3/c8-6-7-4-2-1-3-5-9-10-7/h6-7H,1-5H2. The number of carbonyl (C=O) groups excluding carboxylic acids is 1. The van der Waals surface area contributed by atoms with Crippen LogP contribution in [0.4, 0.5) is 0 Å².